The van der Waals surface area contributed by atoms with Gasteiger partial charge in [0.15, 0.2) is 6.33 Å². The first-order valence-corrected chi connectivity index (χ1v) is 7.45. The van der Waals surface area contributed by atoms with Crippen molar-refractivity contribution in [3.8, 4) is 11.4 Å². The van der Waals surface area contributed by atoms with Gasteiger partial charge in [0.05, 0.1) is 6.20 Å². The van der Waals surface area contributed by atoms with Crippen LogP contribution in [-0.2, 0) is 20.1 Å². The minimum absolute atomic E-state index is 0. The monoisotopic (exact) mass is 492 g/mol. The second kappa shape index (κ2) is 6.63. The molecule has 5 heteroatoms. The number of imidazole rings is 1. The number of nitrogens with zero attached hydrogens (tertiary/aromatic N) is 4. The Morgan fingerprint density at radius 1 is 1.00 bits per heavy atom. The number of aromatic nitrogens is 4. The van der Waals surface area contributed by atoms with Crippen LogP contribution in [0.5, 0.6) is 0 Å². The van der Waals surface area contributed by atoms with Gasteiger partial charge in [-0.15, -0.1) is 10.7 Å². The molecule has 0 spiro atoms. The maximum absolute atomic E-state index is 4.47. The van der Waals surface area contributed by atoms with Crippen molar-refractivity contribution >= 4 is 11.3 Å². The second-order valence-corrected chi connectivity index (χ2v) is 5.58. The number of benzene rings is 2. The van der Waals surface area contributed by atoms with E-state index in [0.29, 0.717) is 0 Å². The van der Waals surface area contributed by atoms with Crippen LogP contribution in [0.15, 0.2) is 54.9 Å². The largest absolute Gasteiger partial charge is 0.406 e. The zero-order chi connectivity index (χ0) is 15.8. The van der Waals surface area contributed by atoms with Gasteiger partial charge >= 0.3 is 0 Å². The summed E-state index contributed by atoms with van der Waals surface area (Å²) in [6.07, 6.45) is 6.72. The molecule has 0 aliphatic rings. The van der Waals surface area contributed by atoms with Gasteiger partial charge in [0.2, 0.25) is 0 Å². The van der Waals surface area contributed by atoms with Crippen LogP contribution in [0.25, 0.3) is 22.7 Å². The molecule has 2 heterocycles. The maximum Gasteiger partial charge on any atom is 0.256 e. The van der Waals surface area contributed by atoms with Crippen molar-refractivity contribution in [3.63, 3.8) is 0 Å². The van der Waals surface area contributed by atoms with Gasteiger partial charge in [0, 0.05) is 20.1 Å². The Hall–Kier alpha value is -2.36. The van der Waals surface area contributed by atoms with Crippen LogP contribution in [0.3, 0.4) is 0 Å². The zero-order valence-electron chi connectivity index (χ0n) is 13.3. The van der Waals surface area contributed by atoms with Crippen molar-refractivity contribution in [2.45, 2.75) is 13.8 Å². The van der Waals surface area contributed by atoms with Crippen LogP contribution in [-0.4, -0.2) is 14.5 Å². The SMILES string of the molecule is Cc1c[c-]c(-n2[c-]nc3c2ncc[n+]3-c2ccc(C)cc2)cc1.[Ir]. The van der Waals surface area contributed by atoms with Gasteiger partial charge in [-0.25, -0.2) is 10.6 Å². The smallest absolute Gasteiger partial charge is 0.256 e. The summed E-state index contributed by atoms with van der Waals surface area (Å²) >= 11 is 0. The molecule has 2 aromatic carbocycles. The normalized spacial score (nSPS) is 10.6. The summed E-state index contributed by atoms with van der Waals surface area (Å²) in [5.74, 6) is 0. The van der Waals surface area contributed by atoms with Gasteiger partial charge in [-0.2, -0.15) is 23.8 Å². The Balaban J connectivity index is 0.00000169. The van der Waals surface area contributed by atoms with Gasteiger partial charge in [0.1, 0.15) is 17.5 Å². The molecule has 0 saturated heterocycles. The average molecular weight is 492 g/mol. The fourth-order valence-corrected chi connectivity index (χ4v) is 2.53. The van der Waals surface area contributed by atoms with Crippen LogP contribution in [0.2, 0.25) is 0 Å². The standard InChI is InChI=1S/C19H15N4.Ir/c1-14-3-7-16(8-4-14)22-12-11-20-18-19(22)21-13-23(18)17-9-5-15(2)6-10-17;/h3-9,11-12H,1-2H3;/q-1;. The van der Waals surface area contributed by atoms with Gasteiger partial charge in [-0.3, -0.25) is 4.98 Å². The van der Waals surface area contributed by atoms with E-state index in [-0.39, 0.29) is 20.1 Å². The quantitative estimate of drug-likeness (QED) is 0.319. The summed E-state index contributed by atoms with van der Waals surface area (Å²) < 4.78 is 3.85. The number of aryl methyl sites for hydroxylation is 2. The molecule has 1 radical (unpaired) electrons. The fraction of sp³-hybridized carbons (Fsp3) is 0.105. The third-order valence-corrected chi connectivity index (χ3v) is 3.81. The van der Waals surface area contributed by atoms with Crippen molar-refractivity contribution in [3.05, 3.63) is 78.4 Å². The molecule has 0 saturated carbocycles. The topological polar surface area (TPSA) is 34.6 Å². The Labute approximate surface area is 154 Å². The van der Waals surface area contributed by atoms with Crippen molar-refractivity contribution in [1.82, 2.24) is 14.5 Å². The minimum Gasteiger partial charge on any atom is -0.406 e. The zero-order valence-corrected chi connectivity index (χ0v) is 15.7. The molecule has 0 atom stereocenters. The molecule has 0 amide bonds. The number of fused-ring (bicyclic) bond motifs is 1. The molecule has 0 aliphatic heterocycles. The first-order valence-electron chi connectivity index (χ1n) is 7.45. The summed E-state index contributed by atoms with van der Waals surface area (Å²) in [5, 5.41) is 0. The third-order valence-electron chi connectivity index (χ3n) is 3.81. The van der Waals surface area contributed by atoms with Gasteiger partial charge in [-0.1, -0.05) is 24.6 Å². The number of rotatable bonds is 2. The maximum atomic E-state index is 4.47. The number of hydrogen-bond acceptors (Lipinski definition) is 2. The van der Waals surface area contributed by atoms with E-state index in [2.05, 4.69) is 53.6 Å². The van der Waals surface area contributed by atoms with Crippen LogP contribution in [0, 0.1) is 26.2 Å². The van der Waals surface area contributed by atoms with Crippen LogP contribution >= 0.6 is 0 Å². The predicted molar refractivity (Wildman–Crippen MR) is 87.5 cm³/mol. The van der Waals surface area contributed by atoms with E-state index < -0.39 is 0 Å². The van der Waals surface area contributed by atoms with Crippen molar-refractivity contribution in [2.24, 2.45) is 0 Å². The van der Waals surface area contributed by atoms with E-state index in [1.165, 1.54) is 11.1 Å². The van der Waals surface area contributed by atoms with E-state index in [4.69, 9.17) is 0 Å². The van der Waals surface area contributed by atoms with E-state index in [9.17, 15) is 0 Å². The van der Waals surface area contributed by atoms with Crippen LogP contribution < -0.4 is 4.57 Å². The molecule has 2 aromatic heterocycles. The van der Waals surface area contributed by atoms with E-state index in [1.807, 2.05) is 40.5 Å². The first-order chi connectivity index (χ1) is 11.2. The van der Waals surface area contributed by atoms with E-state index in [1.54, 1.807) is 6.20 Å². The van der Waals surface area contributed by atoms with Crippen molar-refractivity contribution in [1.29, 1.82) is 0 Å². The molecule has 4 aromatic rings. The predicted octanol–water partition coefficient (Wildman–Crippen LogP) is 2.91. The fourth-order valence-electron chi connectivity index (χ4n) is 2.53. The molecule has 0 aliphatic carbocycles. The van der Waals surface area contributed by atoms with E-state index in [0.717, 1.165) is 22.7 Å². The van der Waals surface area contributed by atoms with Gasteiger partial charge < -0.3 is 4.57 Å². The Bertz CT molecular complexity index is 973. The third kappa shape index (κ3) is 2.88. The summed E-state index contributed by atoms with van der Waals surface area (Å²) in [5.41, 5.74) is 5.85. The molecule has 24 heavy (non-hydrogen) atoms. The Morgan fingerprint density at radius 2 is 1.75 bits per heavy atom. The Morgan fingerprint density at radius 3 is 2.46 bits per heavy atom. The molecular formula is C19H15IrN4-. The van der Waals surface area contributed by atoms with Crippen LogP contribution in [0.1, 0.15) is 11.1 Å². The van der Waals surface area contributed by atoms with Crippen LogP contribution in [0.4, 0.5) is 0 Å². The first kappa shape index (κ1) is 16.5. The molecule has 121 valence electrons. The summed E-state index contributed by atoms with van der Waals surface area (Å²) in [6, 6.07) is 17.6. The molecule has 0 fully saturated rings. The Kier molecular flexibility index (Phi) is 4.56. The molecule has 0 N–H and O–H groups in total. The van der Waals surface area contributed by atoms with Gasteiger partial charge in [0.25, 0.3) is 5.65 Å². The molecule has 0 bridgehead atoms. The van der Waals surface area contributed by atoms with E-state index >= 15 is 0 Å². The number of hydrogen-bond donors (Lipinski definition) is 0. The molecule has 0 unspecified atom stereocenters. The summed E-state index contributed by atoms with van der Waals surface area (Å²) in [4.78, 5) is 8.91. The second-order valence-electron chi connectivity index (χ2n) is 5.58. The molecular weight excluding hydrogens is 476 g/mol. The molecule has 4 rings (SSSR count). The van der Waals surface area contributed by atoms with Gasteiger partial charge in [-0.05, 0) is 19.1 Å². The van der Waals surface area contributed by atoms with Crippen molar-refractivity contribution in [2.75, 3.05) is 0 Å². The summed E-state index contributed by atoms with van der Waals surface area (Å²) in [6.45, 7) is 4.12. The molecule has 4 nitrogen and oxygen atoms in total. The minimum atomic E-state index is 0. The van der Waals surface area contributed by atoms with Crippen molar-refractivity contribution < 1.29 is 24.7 Å². The summed E-state index contributed by atoms with van der Waals surface area (Å²) in [7, 11) is 0. The average Bonchev–Trinajstić information content (AvgIpc) is 3.00.